The molecule has 1 aromatic heterocycles. The SMILES string of the molecule is Cn1nc(C(=O)N2CCN(CCc3cccc(Cl)c3)CC2)c2ccccc21. The molecule has 5 nitrogen and oxygen atoms in total. The lowest BCUT2D eigenvalue weighted by Gasteiger charge is -2.34. The molecule has 0 N–H and O–H groups in total. The van der Waals surface area contributed by atoms with Gasteiger partial charge < -0.3 is 4.90 Å². The third-order valence-electron chi connectivity index (χ3n) is 5.23. The lowest BCUT2D eigenvalue weighted by atomic mass is 10.1. The lowest BCUT2D eigenvalue weighted by molar-refractivity contribution is 0.0634. The fourth-order valence-corrected chi connectivity index (χ4v) is 3.89. The second-order valence-electron chi connectivity index (χ2n) is 7.00. The van der Waals surface area contributed by atoms with E-state index in [-0.39, 0.29) is 5.91 Å². The molecule has 0 aliphatic carbocycles. The Bertz CT molecular complexity index is 960. The Hall–Kier alpha value is -2.37. The van der Waals surface area contributed by atoms with Crippen LogP contribution in [0.15, 0.2) is 48.5 Å². The summed E-state index contributed by atoms with van der Waals surface area (Å²) in [5.74, 6) is 0.0290. The molecule has 1 aliphatic heterocycles. The molecule has 0 saturated carbocycles. The molecule has 0 bridgehead atoms. The van der Waals surface area contributed by atoms with Gasteiger partial charge in [0.15, 0.2) is 5.69 Å². The fraction of sp³-hybridized carbons (Fsp3) is 0.333. The van der Waals surface area contributed by atoms with Crippen LogP contribution in [0.5, 0.6) is 0 Å². The minimum atomic E-state index is 0.0290. The monoisotopic (exact) mass is 382 g/mol. The molecule has 2 heterocycles. The maximum absolute atomic E-state index is 13.0. The Morgan fingerprint density at radius 2 is 1.85 bits per heavy atom. The number of fused-ring (bicyclic) bond motifs is 1. The number of amides is 1. The van der Waals surface area contributed by atoms with Gasteiger partial charge in [0.05, 0.1) is 5.52 Å². The van der Waals surface area contributed by atoms with Crippen molar-refractivity contribution in [1.29, 1.82) is 0 Å². The number of aryl methyl sites for hydroxylation is 1. The molecule has 3 aromatic rings. The predicted molar refractivity (Wildman–Crippen MR) is 108 cm³/mol. The fourth-order valence-electron chi connectivity index (χ4n) is 3.68. The molecule has 0 atom stereocenters. The largest absolute Gasteiger partial charge is 0.335 e. The summed E-state index contributed by atoms with van der Waals surface area (Å²) < 4.78 is 1.78. The van der Waals surface area contributed by atoms with Gasteiger partial charge in [-0.3, -0.25) is 14.4 Å². The molecule has 4 rings (SSSR count). The topological polar surface area (TPSA) is 41.4 Å². The van der Waals surface area contributed by atoms with E-state index in [1.165, 1.54) is 5.56 Å². The van der Waals surface area contributed by atoms with Crippen molar-refractivity contribution in [2.24, 2.45) is 7.05 Å². The molecule has 1 amide bonds. The van der Waals surface area contributed by atoms with Gasteiger partial charge in [0, 0.05) is 50.2 Å². The summed E-state index contributed by atoms with van der Waals surface area (Å²) in [6.45, 7) is 4.22. The van der Waals surface area contributed by atoms with Gasteiger partial charge in [-0.15, -0.1) is 0 Å². The van der Waals surface area contributed by atoms with Crippen molar-refractivity contribution in [3.05, 3.63) is 64.8 Å². The number of hydrogen-bond acceptors (Lipinski definition) is 3. The van der Waals surface area contributed by atoms with Crippen LogP contribution in [0.4, 0.5) is 0 Å². The molecule has 1 aliphatic rings. The summed E-state index contributed by atoms with van der Waals surface area (Å²) in [6, 6.07) is 15.9. The third-order valence-corrected chi connectivity index (χ3v) is 5.46. The normalized spacial score (nSPS) is 15.4. The van der Waals surface area contributed by atoms with E-state index in [1.807, 2.05) is 54.4 Å². The Kier molecular flexibility index (Phi) is 5.14. The van der Waals surface area contributed by atoms with Crippen LogP contribution in [0.3, 0.4) is 0 Å². The first-order valence-electron chi connectivity index (χ1n) is 9.29. The number of carbonyl (C=O) groups excluding carboxylic acids is 1. The third kappa shape index (κ3) is 3.84. The highest BCUT2D eigenvalue weighted by Crippen LogP contribution is 2.20. The number of aromatic nitrogens is 2. The number of para-hydroxylation sites is 1. The van der Waals surface area contributed by atoms with Crippen LogP contribution in [0.2, 0.25) is 5.02 Å². The molecule has 0 unspecified atom stereocenters. The Morgan fingerprint density at radius 3 is 2.63 bits per heavy atom. The minimum absolute atomic E-state index is 0.0290. The van der Waals surface area contributed by atoms with Crippen LogP contribution in [0.25, 0.3) is 10.9 Å². The van der Waals surface area contributed by atoms with Gasteiger partial charge in [0.2, 0.25) is 0 Å². The summed E-state index contributed by atoms with van der Waals surface area (Å²) in [5, 5.41) is 6.17. The highest BCUT2D eigenvalue weighted by Gasteiger charge is 2.25. The molecule has 1 saturated heterocycles. The van der Waals surface area contributed by atoms with Crippen molar-refractivity contribution in [1.82, 2.24) is 19.6 Å². The Balaban J connectivity index is 1.36. The van der Waals surface area contributed by atoms with Crippen LogP contribution < -0.4 is 0 Å². The molecule has 2 aromatic carbocycles. The summed E-state index contributed by atoms with van der Waals surface area (Å²) >= 11 is 6.06. The summed E-state index contributed by atoms with van der Waals surface area (Å²) in [4.78, 5) is 17.3. The summed E-state index contributed by atoms with van der Waals surface area (Å²) in [5.41, 5.74) is 2.79. The lowest BCUT2D eigenvalue weighted by Crippen LogP contribution is -2.49. The van der Waals surface area contributed by atoms with Crippen molar-refractivity contribution >= 4 is 28.4 Å². The van der Waals surface area contributed by atoms with E-state index in [9.17, 15) is 4.79 Å². The first-order valence-corrected chi connectivity index (χ1v) is 9.67. The van der Waals surface area contributed by atoms with Crippen molar-refractivity contribution in [2.45, 2.75) is 6.42 Å². The first kappa shape index (κ1) is 18.0. The van der Waals surface area contributed by atoms with Gasteiger partial charge in [0.25, 0.3) is 5.91 Å². The van der Waals surface area contributed by atoms with Gasteiger partial charge >= 0.3 is 0 Å². The van der Waals surface area contributed by atoms with E-state index in [4.69, 9.17) is 11.6 Å². The highest BCUT2D eigenvalue weighted by atomic mass is 35.5. The average molecular weight is 383 g/mol. The van der Waals surface area contributed by atoms with E-state index in [0.717, 1.165) is 55.1 Å². The zero-order valence-electron chi connectivity index (χ0n) is 15.4. The standard InChI is InChI=1S/C21H23ClN4O/c1-24-19-8-3-2-7-18(19)20(23-24)21(27)26-13-11-25(12-14-26)10-9-16-5-4-6-17(22)15-16/h2-8,15H,9-14H2,1H3. The highest BCUT2D eigenvalue weighted by molar-refractivity contribution is 6.30. The number of piperazine rings is 1. The molecule has 27 heavy (non-hydrogen) atoms. The minimum Gasteiger partial charge on any atom is -0.335 e. The second-order valence-corrected chi connectivity index (χ2v) is 7.44. The molecule has 0 radical (unpaired) electrons. The molecular weight excluding hydrogens is 360 g/mol. The summed E-state index contributed by atoms with van der Waals surface area (Å²) in [7, 11) is 1.88. The number of halogens is 1. The number of carbonyl (C=O) groups is 1. The first-order chi connectivity index (χ1) is 13.1. The van der Waals surface area contributed by atoms with E-state index >= 15 is 0 Å². The van der Waals surface area contributed by atoms with Crippen molar-refractivity contribution in [3.8, 4) is 0 Å². The average Bonchev–Trinajstić information content (AvgIpc) is 3.03. The molecule has 0 spiro atoms. The molecule has 140 valence electrons. The van der Waals surface area contributed by atoms with Crippen LogP contribution in [0, 0.1) is 0 Å². The summed E-state index contributed by atoms with van der Waals surface area (Å²) in [6.07, 6.45) is 0.972. The zero-order valence-corrected chi connectivity index (χ0v) is 16.2. The van der Waals surface area contributed by atoms with E-state index in [1.54, 1.807) is 4.68 Å². The van der Waals surface area contributed by atoms with Crippen LogP contribution in [-0.2, 0) is 13.5 Å². The maximum atomic E-state index is 13.0. The van der Waals surface area contributed by atoms with Gasteiger partial charge in [-0.2, -0.15) is 5.10 Å². The van der Waals surface area contributed by atoms with E-state index in [0.29, 0.717) is 5.69 Å². The quantitative estimate of drug-likeness (QED) is 0.695. The molecule has 6 heteroatoms. The molecular formula is C21H23ClN4O. The van der Waals surface area contributed by atoms with E-state index in [2.05, 4.69) is 16.1 Å². The Labute approximate surface area is 164 Å². The smallest absolute Gasteiger partial charge is 0.275 e. The number of nitrogens with zero attached hydrogens (tertiary/aromatic N) is 4. The van der Waals surface area contributed by atoms with Crippen molar-refractivity contribution < 1.29 is 4.79 Å². The van der Waals surface area contributed by atoms with Gasteiger partial charge in [-0.1, -0.05) is 41.9 Å². The van der Waals surface area contributed by atoms with Crippen molar-refractivity contribution in [2.75, 3.05) is 32.7 Å². The number of rotatable bonds is 4. The van der Waals surface area contributed by atoms with Gasteiger partial charge in [-0.05, 0) is 30.2 Å². The zero-order chi connectivity index (χ0) is 18.8. The van der Waals surface area contributed by atoms with Crippen LogP contribution in [-0.4, -0.2) is 58.2 Å². The number of hydrogen-bond donors (Lipinski definition) is 0. The van der Waals surface area contributed by atoms with Crippen molar-refractivity contribution in [3.63, 3.8) is 0 Å². The maximum Gasteiger partial charge on any atom is 0.275 e. The molecule has 1 fully saturated rings. The number of benzene rings is 2. The second kappa shape index (κ2) is 7.71. The van der Waals surface area contributed by atoms with E-state index < -0.39 is 0 Å². The van der Waals surface area contributed by atoms with Crippen LogP contribution in [0.1, 0.15) is 16.1 Å². The van der Waals surface area contributed by atoms with Crippen LogP contribution >= 0.6 is 11.6 Å². The van der Waals surface area contributed by atoms with Gasteiger partial charge in [-0.25, -0.2) is 0 Å². The van der Waals surface area contributed by atoms with Gasteiger partial charge in [0.1, 0.15) is 0 Å². The Morgan fingerprint density at radius 1 is 1.07 bits per heavy atom. The predicted octanol–water partition coefficient (Wildman–Crippen LogP) is 3.23.